The molecule has 0 amide bonds. The van der Waals surface area contributed by atoms with Gasteiger partial charge in [-0.15, -0.1) is 0 Å². The van der Waals surface area contributed by atoms with Crippen LogP contribution in [0, 0.1) is 11.6 Å². The average molecular weight is 366 g/mol. The summed E-state index contributed by atoms with van der Waals surface area (Å²) >= 11 is 5.90. The van der Waals surface area contributed by atoms with E-state index in [1.807, 2.05) is 0 Å². The van der Waals surface area contributed by atoms with Gasteiger partial charge in [-0.2, -0.15) is 5.10 Å². The predicted octanol–water partition coefficient (Wildman–Crippen LogP) is 2.69. The summed E-state index contributed by atoms with van der Waals surface area (Å²) in [6.45, 7) is 1.55. The third-order valence-electron chi connectivity index (χ3n) is 4.08. The highest BCUT2D eigenvalue weighted by molar-refractivity contribution is 6.29. The van der Waals surface area contributed by atoms with E-state index in [0.29, 0.717) is 5.69 Å². The number of hydrogen-bond acceptors (Lipinski definition) is 5. The van der Waals surface area contributed by atoms with E-state index in [-0.39, 0.29) is 17.3 Å². The number of aliphatic hydroxyl groups is 1. The Hall–Kier alpha value is -2.45. The lowest BCUT2D eigenvalue weighted by Crippen LogP contribution is -2.38. The summed E-state index contributed by atoms with van der Waals surface area (Å²) < 4.78 is 29.1. The van der Waals surface area contributed by atoms with Crippen molar-refractivity contribution in [1.82, 2.24) is 24.7 Å². The van der Waals surface area contributed by atoms with Gasteiger partial charge in [0.1, 0.15) is 41.4 Å². The van der Waals surface area contributed by atoms with E-state index >= 15 is 0 Å². The second-order valence-corrected chi connectivity index (χ2v) is 6.02. The first-order valence-corrected chi connectivity index (χ1v) is 7.75. The molecule has 2 aromatic heterocycles. The second-order valence-electron chi connectivity index (χ2n) is 5.63. The molecule has 3 rings (SSSR count). The molecule has 0 bridgehead atoms. The van der Waals surface area contributed by atoms with Crippen molar-refractivity contribution in [2.45, 2.75) is 25.0 Å². The molecule has 0 aliphatic heterocycles. The molecule has 0 fully saturated rings. The van der Waals surface area contributed by atoms with Crippen LogP contribution >= 0.6 is 11.6 Å². The van der Waals surface area contributed by atoms with Crippen molar-refractivity contribution in [3.05, 3.63) is 71.3 Å². The van der Waals surface area contributed by atoms with Crippen LogP contribution in [0.5, 0.6) is 0 Å². The maximum absolute atomic E-state index is 14.4. The van der Waals surface area contributed by atoms with Crippen LogP contribution in [0.3, 0.4) is 0 Å². The van der Waals surface area contributed by atoms with Gasteiger partial charge < -0.3 is 5.11 Å². The Morgan fingerprint density at radius 3 is 2.68 bits per heavy atom. The first-order chi connectivity index (χ1) is 11.9. The third-order valence-corrected chi connectivity index (χ3v) is 4.29. The summed E-state index contributed by atoms with van der Waals surface area (Å²) in [4.78, 5) is 11.7. The van der Waals surface area contributed by atoms with Gasteiger partial charge in [0.05, 0.1) is 12.2 Å². The Morgan fingerprint density at radius 1 is 1.24 bits per heavy atom. The molecule has 25 heavy (non-hydrogen) atoms. The second kappa shape index (κ2) is 6.81. The lowest BCUT2D eigenvalue weighted by molar-refractivity contribution is -0.0123. The minimum absolute atomic E-state index is 0.0772. The van der Waals surface area contributed by atoms with Crippen LogP contribution in [0.25, 0.3) is 0 Å². The fraction of sp³-hybridized carbons (Fsp3) is 0.250. The summed E-state index contributed by atoms with van der Waals surface area (Å²) in [7, 11) is 0. The molecular formula is C16H14ClF2N5O. The zero-order chi connectivity index (χ0) is 18.0. The van der Waals surface area contributed by atoms with Crippen molar-refractivity contribution in [2.75, 3.05) is 0 Å². The van der Waals surface area contributed by atoms with Crippen molar-refractivity contribution >= 4 is 11.6 Å². The van der Waals surface area contributed by atoms with Crippen molar-refractivity contribution in [1.29, 1.82) is 0 Å². The summed E-state index contributed by atoms with van der Waals surface area (Å²) in [5, 5.41) is 15.5. The SMILES string of the molecule is C[C@@H](c1cc(Cl)ncn1)[C@](O)(Cn1cncn1)c1ccc(F)cc1F. The van der Waals surface area contributed by atoms with Gasteiger partial charge in [0.25, 0.3) is 0 Å². The molecule has 2 atom stereocenters. The van der Waals surface area contributed by atoms with E-state index < -0.39 is 23.2 Å². The van der Waals surface area contributed by atoms with Gasteiger partial charge >= 0.3 is 0 Å². The number of benzene rings is 1. The van der Waals surface area contributed by atoms with Crippen molar-refractivity contribution in [3.8, 4) is 0 Å². The van der Waals surface area contributed by atoms with Gasteiger partial charge in [0.15, 0.2) is 0 Å². The molecule has 0 spiro atoms. The number of aromatic nitrogens is 5. The number of halogens is 3. The molecule has 130 valence electrons. The lowest BCUT2D eigenvalue weighted by Gasteiger charge is -2.34. The van der Waals surface area contributed by atoms with Crippen molar-refractivity contribution in [3.63, 3.8) is 0 Å². The van der Waals surface area contributed by atoms with E-state index in [2.05, 4.69) is 20.1 Å². The van der Waals surface area contributed by atoms with Crippen molar-refractivity contribution in [2.24, 2.45) is 0 Å². The normalized spacial score (nSPS) is 14.9. The highest BCUT2D eigenvalue weighted by Gasteiger charge is 2.40. The number of nitrogens with zero attached hydrogens (tertiary/aromatic N) is 5. The maximum Gasteiger partial charge on any atom is 0.137 e. The first kappa shape index (κ1) is 17.4. The highest BCUT2D eigenvalue weighted by Crippen LogP contribution is 2.39. The highest BCUT2D eigenvalue weighted by atomic mass is 35.5. The monoisotopic (exact) mass is 365 g/mol. The van der Waals surface area contributed by atoms with E-state index in [1.54, 1.807) is 6.92 Å². The molecule has 3 aromatic rings. The summed E-state index contributed by atoms with van der Waals surface area (Å²) in [5.74, 6) is -2.30. The topological polar surface area (TPSA) is 76.7 Å². The maximum atomic E-state index is 14.4. The zero-order valence-corrected chi connectivity index (χ0v) is 13.9. The summed E-state index contributed by atoms with van der Waals surface area (Å²) in [6.07, 6.45) is 3.95. The van der Waals surface area contributed by atoms with Gasteiger partial charge in [-0.1, -0.05) is 24.6 Å². The molecule has 9 heteroatoms. The van der Waals surface area contributed by atoms with E-state index in [0.717, 1.165) is 12.1 Å². The largest absolute Gasteiger partial charge is 0.382 e. The van der Waals surface area contributed by atoms with Crippen LogP contribution in [0.1, 0.15) is 24.1 Å². The summed E-state index contributed by atoms with van der Waals surface area (Å²) in [5.41, 5.74) is -1.44. The standard InChI is InChI=1S/C16H14ClF2N5O/c1-10(14-5-15(17)22-8-21-14)16(25,6-24-9-20-7-23-24)12-3-2-11(18)4-13(12)19/h2-5,7-10,25H,6H2,1H3/t10-,16+/m0/s1. The number of rotatable bonds is 5. The van der Waals surface area contributed by atoms with E-state index in [4.69, 9.17) is 11.6 Å². The van der Waals surface area contributed by atoms with Crippen LogP contribution in [-0.2, 0) is 12.1 Å². The van der Waals surface area contributed by atoms with Crippen LogP contribution in [-0.4, -0.2) is 29.8 Å². The minimum Gasteiger partial charge on any atom is -0.382 e. The third kappa shape index (κ3) is 3.49. The van der Waals surface area contributed by atoms with E-state index in [9.17, 15) is 13.9 Å². The first-order valence-electron chi connectivity index (χ1n) is 7.38. The molecule has 1 N–H and O–H groups in total. The molecule has 0 radical (unpaired) electrons. The molecular weight excluding hydrogens is 352 g/mol. The van der Waals surface area contributed by atoms with Gasteiger partial charge in [0.2, 0.25) is 0 Å². The molecule has 1 aromatic carbocycles. The zero-order valence-electron chi connectivity index (χ0n) is 13.1. The minimum atomic E-state index is -1.77. The van der Waals surface area contributed by atoms with Gasteiger partial charge in [-0.3, -0.25) is 0 Å². The molecule has 0 unspecified atom stereocenters. The van der Waals surface area contributed by atoms with Gasteiger partial charge in [-0.25, -0.2) is 28.4 Å². The Balaban J connectivity index is 2.11. The smallest absolute Gasteiger partial charge is 0.137 e. The Morgan fingerprint density at radius 2 is 2.04 bits per heavy atom. The quantitative estimate of drug-likeness (QED) is 0.703. The lowest BCUT2D eigenvalue weighted by atomic mass is 9.80. The fourth-order valence-corrected chi connectivity index (χ4v) is 2.84. The Kier molecular flexibility index (Phi) is 4.73. The Labute approximate surface area is 147 Å². The average Bonchev–Trinajstić information content (AvgIpc) is 3.06. The van der Waals surface area contributed by atoms with Crippen LogP contribution in [0.15, 0.2) is 43.2 Å². The van der Waals surface area contributed by atoms with Crippen LogP contribution in [0.4, 0.5) is 8.78 Å². The Bertz CT molecular complexity index is 877. The number of hydrogen-bond donors (Lipinski definition) is 1. The predicted molar refractivity (Wildman–Crippen MR) is 85.7 cm³/mol. The van der Waals surface area contributed by atoms with Crippen LogP contribution < -0.4 is 0 Å². The van der Waals surface area contributed by atoms with Crippen molar-refractivity contribution < 1.29 is 13.9 Å². The van der Waals surface area contributed by atoms with Crippen LogP contribution in [0.2, 0.25) is 5.15 Å². The molecule has 6 nitrogen and oxygen atoms in total. The van der Waals surface area contributed by atoms with Gasteiger partial charge in [0, 0.05) is 17.5 Å². The molecule has 2 heterocycles. The molecule has 0 saturated heterocycles. The van der Waals surface area contributed by atoms with E-state index in [1.165, 1.54) is 35.8 Å². The summed E-state index contributed by atoms with van der Waals surface area (Å²) in [6, 6.07) is 4.51. The molecule has 0 saturated carbocycles. The fourth-order valence-electron chi connectivity index (χ4n) is 2.69. The molecule has 0 aliphatic rings. The molecule has 0 aliphatic carbocycles. The van der Waals surface area contributed by atoms with Gasteiger partial charge in [-0.05, 0) is 12.1 Å².